The Hall–Kier alpha value is -2.77. The molecule has 3 rings (SSSR count). The first-order chi connectivity index (χ1) is 14.1. The molecule has 0 aliphatic carbocycles. The number of ketones is 1. The van der Waals surface area contributed by atoms with Gasteiger partial charge in [-0.25, -0.2) is 12.8 Å². The highest BCUT2D eigenvalue weighted by Gasteiger charge is 2.19. The van der Waals surface area contributed by atoms with Gasteiger partial charge in [0.05, 0.1) is 16.5 Å². The number of fused-ring (bicyclic) bond motifs is 1. The Bertz CT molecular complexity index is 1270. The number of esters is 1. The van der Waals surface area contributed by atoms with Crippen molar-refractivity contribution in [2.24, 2.45) is 0 Å². The lowest BCUT2D eigenvalue weighted by Crippen LogP contribution is -2.08. The SMILES string of the molecule is CC(=O)OCCc1cc(C(=O)c2ccc(S(C)(=O)=O)cc2Cl)c2cc(F)ccc2c1. The van der Waals surface area contributed by atoms with Crippen molar-refractivity contribution in [2.75, 3.05) is 12.9 Å². The first-order valence-corrected chi connectivity index (χ1v) is 11.2. The molecule has 0 spiro atoms. The number of carbonyl (C=O) groups excluding carboxylic acids is 2. The monoisotopic (exact) mass is 448 g/mol. The average molecular weight is 449 g/mol. The number of carbonyl (C=O) groups is 2. The van der Waals surface area contributed by atoms with Crippen LogP contribution in [0.5, 0.6) is 0 Å². The van der Waals surface area contributed by atoms with Crippen LogP contribution in [-0.4, -0.2) is 33.0 Å². The highest BCUT2D eigenvalue weighted by atomic mass is 35.5. The van der Waals surface area contributed by atoms with Crippen LogP contribution in [0.3, 0.4) is 0 Å². The number of hydrogen-bond acceptors (Lipinski definition) is 5. The van der Waals surface area contributed by atoms with Crippen molar-refractivity contribution in [3.8, 4) is 0 Å². The van der Waals surface area contributed by atoms with Gasteiger partial charge in [-0.2, -0.15) is 0 Å². The molecule has 0 atom stereocenters. The molecule has 0 saturated heterocycles. The molecule has 3 aromatic carbocycles. The molecule has 0 aliphatic rings. The van der Waals surface area contributed by atoms with Crippen molar-refractivity contribution in [1.29, 1.82) is 0 Å². The molecule has 0 radical (unpaired) electrons. The Kier molecular flexibility index (Phi) is 6.24. The second-order valence-corrected chi connectivity index (χ2v) is 9.26. The maximum Gasteiger partial charge on any atom is 0.302 e. The van der Waals surface area contributed by atoms with E-state index in [0.717, 1.165) is 11.8 Å². The number of benzene rings is 3. The second-order valence-electron chi connectivity index (χ2n) is 6.84. The molecule has 0 heterocycles. The third-order valence-electron chi connectivity index (χ3n) is 4.53. The summed E-state index contributed by atoms with van der Waals surface area (Å²) in [6.45, 7) is 1.44. The predicted molar refractivity (Wildman–Crippen MR) is 112 cm³/mol. The van der Waals surface area contributed by atoms with Crippen molar-refractivity contribution in [3.05, 3.63) is 76.1 Å². The summed E-state index contributed by atoms with van der Waals surface area (Å²) in [6.07, 6.45) is 1.41. The summed E-state index contributed by atoms with van der Waals surface area (Å²) in [6, 6.07) is 11.4. The van der Waals surface area contributed by atoms with E-state index in [2.05, 4.69) is 0 Å². The van der Waals surface area contributed by atoms with Crippen molar-refractivity contribution in [2.45, 2.75) is 18.2 Å². The summed E-state index contributed by atoms with van der Waals surface area (Å²) in [4.78, 5) is 24.2. The highest BCUT2D eigenvalue weighted by molar-refractivity contribution is 7.90. The molecule has 3 aromatic rings. The molecule has 0 unspecified atom stereocenters. The van der Waals surface area contributed by atoms with Crippen LogP contribution in [0.1, 0.15) is 28.4 Å². The van der Waals surface area contributed by atoms with E-state index in [9.17, 15) is 22.4 Å². The fourth-order valence-corrected chi connectivity index (χ4v) is 4.07. The van der Waals surface area contributed by atoms with E-state index in [-0.39, 0.29) is 27.7 Å². The Morgan fingerprint density at radius 3 is 2.40 bits per heavy atom. The molecule has 8 heteroatoms. The van der Waals surface area contributed by atoms with Gasteiger partial charge in [0.25, 0.3) is 0 Å². The van der Waals surface area contributed by atoms with E-state index in [1.807, 2.05) is 0 Å². The maximum atomic E-state index is 13.9. The Balaban J connectivity index is 2.10. The highest BCUT2D eigenvalue weighted by Crippen LogP contribution is 2.29. The molecule has 5 nitrogen and oxygen atoms in total. The van der Waals surface area contributed by atoms with Crippen LogP contribution in [0.4, 0.5) is 4.39 Å². The smallest absolute Gasteiger partial charge is 0.302 e. The van der Waals surface area contributed by atoms with Gasteiger partial charge in [0.2, 0.25) is 0 Å². The molecule has 30 heavy (non-hydrogen) atoms. The molecular weight excluding hydrogens is 431 g/mol. The number of hydrogen-bond donors (Lipinski definition) is 0. The van der Waals surface area contributed by atoms with Crippen molar-refractivity contribution in [3.63, 3.8) is 0 Å². The van der Waals surface area contributed by atoms with Gasteiger partial charge < -0.3 is 4.74 Å². The van der Waals surface area contributed by atoms with Crippen LogP contribution in [0.2, 0.25) is 5.02 Å². The van der Waals surface area contributed by atoms with Crippen molar-refractivity contribution < 1.29 is 27.1 Å². The normalized spacial score (nSPS) is 11.5. The largest absolute Gasteiger partial charge is 0.466 e. The zero-order chi connectivity index (χ0) is 22.1. The maximum absolute atomic E-state index is 13.9. The molecule has 0 N–H and O–H groups in total. The summed E-state index contributed by atoms with van der Waals surface area (Å²) in [5.74, 6) is -1.38. The predicted octanol–water partition coefficient (Wildman–Crippen LogP) is 4.37. The van der Waals surface area contributed by atoms with E-state index in [1.165, 1.54) is 37.3 Å². The number of ether oxygens (including phenoxy) is 1. The summed E-state index contributed by atoms with van der Waals surface area (Å²) >= 11 is 6.20. The van der Waals surface area contributed by atoms with Crippen LogP contribution >= 0.6 is 11.6 Å². The zero-order valence-corrected chi connectivity index (χ0v) is 17.8. The van der Waals surface area contributed by atoms with Gasteiger partial charge in [0.1, 0.15) is 5.82 Å². The topological polar surface area (TPSA) is 77.5 Å². The molecule has 0 bridgehead atoms. The summed E-state index contributed by atoms with van der Waals surface area (Å²) in [5, 5.41) is 1.03. The third kappa shape index (κ3) is 4.86. The lowest BCUT2D eigenvalue weighted by atomic mass is 9.94. The first-order valence-electron chi connectivity index (χ1n) is 8.96. The van der Waals surface area contributed by atoms with Gasteiger partial charge in [-0.05, 0) is 52.7 Å². The van der Waals surface area contributed by atoms with Gasteiger partial charge in [-0.3, -0.25) is 9.59 Å². The zero-order valence-electron chi connectivity index (χ0n) is 16.2. The Labute approximate surface area is 178 Å². The number of sulfone groups is 1. The van der Waals surface area contributed by atoms with Crippen LogP contribution < -0.4 is 0 Å². The minimum absolute atomic E-state index is 0.00455. The lowest BCUT2D eigenvalue weighted by molar-refractivity contribution is -0.140. The van der Waals surface area contributed by atoms with E-state index >= 15 is 0 Å². The Morgan fingerprint density at radius 2 is 1.77 bits per heavy atom. The van der Waals surface area contributed by atoms with Crippen molar-refractivity contribution in [1.82, 2.24) is 0 Å². The fourth-order valence-electron chi connectivity index (χ4n) is 3.09. The molecule has 0 saturated carbocycles. The van der Waals surface area contributed by atoms with E-state index in [4.69, 9.17) is 16.3 Å². The van der Waals surface area contributed by atoms with Crippen LogP contribution in [-0.2, 0) is 25.8 Å². The minimum atomic E-state index is -3.48. The van der Waals surface area contributed by atoms with Gasteiger partial charge in [-0.15, -0.1) is 0 Å². The van der Waals surface area contributed by atoms with Gasteiger partial charge in [0.15, 0.2) is 15.6 Å². The average Bonchev–Trinajstić information content (AvgIpc) is 2.66. The first kappa shape index (κ1) is 21.9. The lowest BCUT2D eigenvalue weighted by Gasteiger charge is -2.12. The van der Waals surface area contributed by atoms with Crippen LogP contribution in [0, 0.1) is 5.82 Å². The number of rotatable bonds is 6. The Morgan fingerprint density at radius 1 is 1.03 bits per heavy atom. The fraction of sp³-hybridized carbons (Fsp3) is 0.182. The number of halogens is 2. The molecule has 0 aliphatic heterocycles. The van der Waals surface area contributed by atoms with Crippen LogP contribution in [0.15, 0.2) is 53.4 Å². The minimum Gasteiger partial charge on any atom is -0.466 e. The molecule has 0 aromatic heterocycles. The second kappa shape index (κ2) is 8.53. The summed E-state index contributed by atoms with van der Waals surface area (Å²) in [5.41, 5.74) is 1.05. The molecule has 156 valence electrons. The van der Waals surface area contributed by atoms with E-state index in [1.54, 1.807) is 18.2 Å². The van der Waals surface area contributed by atoms with Gasteiger partial charge in [-0.1, -0.05) is 23.7 Å². The van der Waals surface area contributed by atoms with Crippen LogP contribution in [0.25, 0.3) is 10.8 Å². The quantitative estimate of drug-likeness (QED) is 0.413. The molecule has 0 fully saturated rings. The van der Waals surface area contributed by atoms with Gasteiger partial charge >= 0.3 is 5.97 Å². The van der Waals surface area contributed by atoms with Crippen molar-refractivity contribution >= 4 is 44.0 Å². The summed E-state index contributed by atoms with van der Waals surface area (Å²) < 4.78 is 42.3. The van der Waals surface area contributed by atoms with E-state index in [0.29, 0.717) is 17.2 Å². The third-order valence-corrected chi connectivity index (χ3v) is 5.95. The molecular formula is C22H18ClFO5S. The van der Waals surface area contributed by atoms with Gasteiger partial charge in [0, 0.05) is 30.7 Å². The standard InChI is InChI=1S/C22H18ClFO5S/c1-13(25)29-8-7-14-9-15-3-4-16(24)11-19(15)20(10-14)22(26)18-6-5-17(12-21(18)23)30(2,27)28/h3-6,9-12H,7-8H2,1-2H3. The summed E-state index contributed by atoms with van der Waals surface area (Å²) in [7, 11) is -3.48. The molecule has 0 amide bonds. The van der Waals surface area contributed by atoms with E-state index < -0.39 is 27.4 Å².